The van der Waals surface area contributed by atoms with Gasteiger partial charge in [-0.25, -0.2) is 4.98 Å². The van der Waals surface area contributed by atoms with Crippen LogP contribution >= 0.6 is 0 Å². The van der Waals surface area contributed by atoms with Gasteiger partial charge in [-0.15, -0.1) is 0 Å². The molecule has 0 atom stereocenters. The molecule has 4 nitrogen and oxygen atoms in total. The number of carbonyl (C=O) groups excluding carboxylic acids is 1. The van der Waals surface area contributed by atoms with Crippen LogP contribution in [-0.2, 0) is 17.6 Å². The van der Waals surface area contributed by atoms with Gasteiger partial charge < -0.3 is 9.73 Å². The highest BCUT2D eigenvalue weighted by Crippen LogP contribution is 2.30. The monoisotopic (exact) mass is 318 g/mol. The summed E-state index contributed by atoms with van der Waals surface area (Å²) >= 11 is 0. The maximum atomic E-state index is 11.8. The van der Waals surface area contributed by atoms with Crippen molar-refractivity contribution in [3.05, 3.63) is 65.4 Å². The number of fused-ring (bicyclic) bond motifs is 1. The van der Waals surface area contributed by atoms with E-state index in [1.54, 1.807) is 6.20 Å². The number of rotatable bonds is 3. The number of Topliss-reactive ketones (excluding diaryl/α,β-unsaturated/α-hetero) is 1. The minimum absolute atomic E-state index is 0.282. The van der Waals surface area contributed by atoms with E-state index in [0.717, 1.165) is 29.0 Å². The van der Waals surface area contributed by atoms with Gasteiger partial charge in [0.05, 0.1) is 6.20 Å². The molecule has 1 aromatic heterocycles. The second-order valence-corrected chi connectivity index (χ2v) is 6.18. The summed E-state index contributed by atoms with van der Waals surface area (Å²) in [6.45, 7) is 2.05. The second-order valence-electron chi connectivity index (χ2n) is 6.18. The van der Waals surface area contributed by atoms with E-state index in [1.165, 1.54) is 11.1 Å². The fourth-order valence-electron chi connectivity index (χ4n) is 3.13. The van der Waals surface area contributed by atoms with Crippen LogP contribution in [-0.4, -0.2) is 10.8 Å². The number of aromatic nitrogens is 1. The summed E-state index contributed by atoms with van der Waals surface area (Å²) in [5.74, 6) is 1.01. The largest absolute Gasteiger partial charge is 0.423 e. The predicted molar refractivity (Wildman–Crippen MR) is 93.4 cm³/mol. The molecule has 2 aromatic carbocycles. The van der Waals surface area contributed by atoms with E-state index in [1.807, 2.05) is 37.3 Å². The van der Waals surface area contributed by atoms with Gasteiger partial charge in [0.2, 0.25) is 0 Å². The minimum Gasteiger partial charge on any atom is -0.423 e. The quantitative estimate of drug-likeness (QED) is 0.775. The third-order valence-electron chi connectivity index (χ3n) is 4.37. The van der Waals surface area contributed by atoms with E-state index >= 15 is 0 Å². The third kappa shape index (κ3) is 2.83. The Morgan fingerprint density at radius 1 is 1.12 bits per heavy atom. The SMILES string of the molecule is Cc1cccc(-c2cnc(Nc3cccc4c3CC(=O)CC4)o2)c1. The van der Waals surface area contributed by atoms with Crippen molar-refractivity contribution in [2.45, 2.75) is 26.2 Å². The Bertz CT molecular complexity index is 912. The molecular formula is C20H18N2O2. The summed E-state index contributed by atoms with van der Waals surface area (Å²) in [5.41, 5.74) is 5.36. The van der Waals surface area contributed by atoms with E-state index in [9.17, 15) is 4.79 Å². The lowest BCUT2D eigenvalue weighted by Crippen LogP contribution is -2.14. The van der Waals surface area contributed by atoms with E-state index in [2.05, 4.69) is 22.4 Å². The molecule has 0 saturated carbocycles. The first-order valence-corrected chi connectivity index (χ1v) is 8.11. The van der Waals surface area contributed by atoms with Crippen LogP contribution in [0.15, 0.2) is 53.1 Å². The molecule has 0 radical (unpaired) electrons. The number of oxazole rings is 1. The number of hydrogen-bond donors (Lipinski definition) is 1. The molecule has 120 valence electrons. The number of carbonyl (C=O) groups is 1. The Morgan fingerprint density at radius 2 is 2.00 bits per heavy atom. The van der Waals surface area contributed by atoms with Crippen molar-refractivity contribution < 1.29 is 9.21 Å². The van der Waals surface area contributed by atoms with E-state index in [-0.39, 0.29) is 5.78 Å². The van der Waals surface area contributed by atoms with Gasteiger partial charge in [-0.1, -0.05) is 35.9 Å². The Kier molecular flexibility index (Phi) is 3.65. The smallest absolute Gasteiger partial charge is 0.299 e. The van der Waals surface area contributed by atoms with Crippen molar-refractivity contribution in [2.75, 3.05) is 5.32 Å². The van der Waals surface area contributed by atoms with E-state index < -0.39 is 0 Å². The van der Waals surface area contributed by atoms with Crippen LogP contribution in [0.2, 0.25) is 0 Å². The molecule has 24 heavy (non-hydrogen) atoms. The highest BCUT2D eigenvalue weighted by molar-refractivity contribution is 5.85. The molecule has 0 spiro atoms. The summed E-state index contributed by atoms with van der Waals surface area (Å²) < 4.78 is 5.84. The van der Waals surface area contributed by atoms with Crippen molar-refractivity contribution >= 4 is 17.5 Å². The van der Waals surface area contributed by atoms with Gasteiger partial charge >= 0.3 is 0 Å². The molecule has 1 N–H and O–H groups in total. The topological polar surface area (TPSA) is 55.1 Å². The molecule has 1 heterocycles. The average molecular weight is 318 g/mol. The van der Waals surface area contributed by atoms with Crippen LogP contribution in [0.3, 0.4) is 0 Å². The molecule has 0 bridgehead atoms. The molecule has 4 heteroatoms. The summed E-state index contributed by atoms with van der Waals surface area (Å²) in [5, 5.41) is 3.23. The molecule has 0 amide bonds. The standard InChI is InChI=1S/C20H18N2O2/c1-13-4-2-6-15(10-13)19-12-21-20(24-19)22-18-7-3-5-14-8-9-16(23)11-17(14)18/h2-7,10,12H,8-9,11H2,1H3,(H,21,22). The van der Waals surface area contributed by atoms with Gasteiger partial charge in [0.15, 0.2) is 5.76 Å². The van der Waals surface area contributed by atoms with Crippen molar-refractivity contribution in [1.29, 1.82) is 0 Å². The highest BCUT2D eigenvalue weighted by atomic mass is 16.4. The number of benzene rings is 2. The number of anilines is 2. The second kappa shape index (κ2) is 5.96. The summed E-state index contributed by atoms with van der Waals surface area (Å²) in [4.78, 5) is 16.1. The summed E-state index contributed by atoms with van der Waals surface area (Å²) in [7, 11) is 0. The van der Waals surface area contributed by atoms with Crippen molar-refractivity contribution in [2.24, 2.45) is 0 Å². The van der Waals surface area contributed by atoms with Gasteiger partial charge in [-0.2, -0.15) is 0 Å². The van der Waals surface area contributed by atoms with Crippen LogP contribution in [0.5, 0.6) is 0 Å². The molecule has 0 fully saturated rings. The normalized spacial score (nSPS) is 13.6. The molecule has 4 rings (SSSR count). The van der Waals surface area contributed by atoms with Crippen molar-refractivity contribution in [1.82, 2.24) is 4.98 Å². The van der Waals surface area contributed by atoms with Gasteiger partial charge in [0.1, 0.15) is 5.78 Å². The zero-order valence-corrected chi connectivity index (χ0v) is 13.5. The fourth-order valence-corrected chi connectivity index (χ4v) is 3.13. The van der Waals surface area contributed by atoms with Crippen molar-refractivity contribution in [3.8, 4) is 11.3 Å². The average Bonchev–Trinajstić information content (AvgIpc) is 3.04. The molecule has 0 unspecified atom stereocenters. The first kappa shape index (κ1) is 14.7. The minimum atomic E-state index is 0.282. The molecule has 1 aliphatic rings. The van der Waals surface area contributed by atoms with Crippen LogP contribution in [0.25, 0.3) is 11.3 Å². The van der Waals surface area contributed by atoms with Crippen LogP contribution in [0, 0.1) is 6.92 Å². The Morgan fingerprint density at radius 3 is 2.88 bits per heavy atom. The lowest BCUT2D eigenvalue weighted by atomic mass is 9.89. The zero-order chi connectivity index (χ0) is 16.5. The molecule has 0 saturated heterocycles. The van der Waals surface area contributed by atoms with Crippen LogP contribution in [0.4, 0.5) is 11.7 Å². The van der Waals surface area contributed by atoms with E-state index in [0.29, 0.717) is 18.9 Å². The first-order chi connectivity index (χ1) is 11.7. The maximum absolute atomic E-state index is 11.8. The maximum Gasteiger partial charge on any atom is 0.299 e. The molecule has 1 aliphatic carbocycles. The highest BCUT2D eigenvalue weighted by Gasteiger charge is 2.19. The number of ketones is 1. The number of nitrogens with one attached hydrogen (secondary N) is 1. The lowest BCUT2D eigenvalue weighted by Gasteiger charge is -2.18. The molecule has 3 aromatic rings. The summed E-state index contributed by atoms with van der Waals surface area (Å²) in [6.07, 6.45) is 3.64. The van der Waals surface area contributed by atoms with Gasteiger partial charge in [0, 0.05) is 24.1 Å². The number of aryl methyl sites for hydroxylation is 2. The van der Waals surface area contributed by atoms with E-state index in [4.69, 9.17) is 4.42 Å². The van der Waals surface area contributed by atoms with Gasteiger partial charge in [-0.3, -0.25) is 4.79 Å². The number of nitrogens with zero attached hydrogens (tertiary/aromatic N) is 1. The molecular weight excluding hydrogens is 300 g/mol. The predicted octanol–water partition coefficient (Wildman–Crippen LogP) is 4.45. The molecule has 0 aliphatic heterocycles. The Labute approximate surface area is 140 Å². The van der Waals surface area contributed by atoms with Crippen LogP contribution in [0.1, 0.15) is 23.1 Å². The van der Waals surface area contributed by atoms with Crippen LogP contribution < -0.4 is 5.32 Å². The fraction of sp³-hybridized carbons (Fsp3) is 0.200. The van der Waals surface area contributed by atoms with Gasteiger partial charge in [-0.05, 0) is 36.6 Å². The third-order valence-corrected chi connectivity index (χ3v) is 4.37. The Balaban J connectivity index is 1.62. The lowest BCUT2D eigenvalue weighted by molar-refractivity contribution is -0.118. The zero-order valence-electron chi connectivity index (χ0n) is 13.5. The first-order valence-electron chi connectivity index (χ1n) is 8.11. The summed E-state index contributed by atoms with van der Waals surface area (Å²) in [6, 6.07) is 14.6. The Hall–Kier alpha value is -2.88. The van der Waals surface area contributed by atoms with Crippen molar-refractivity contribution in [3.63, 3.8) is 0 Å². The van der Waals surface area contributed by atoms with Gasteiger partial charge in [0.25, 0.3) is 6.01 Å². The number of hydrogen-bond acceptors (Lipinski definition) is 4.